The molecule has 144 valence electrons. The van der Waals surface area contributed by atoms with Gasteiger partial charge in [0.2, 0.25) is 0 Å². The number of morpholine rings is 1. The summed E-state index contributed by atoms with van der Waals surface area (Å²) in [5.74, 6) is -0.0213. The molecule has 3 rings (SSSR count). The highest BCUT2D eigenvalue weighted by atomic mass is 35.5. The maximum absolute atomic E-state index is 13.3. The van der Waals surface area contributed by atoms with E-state index >= 15 is 0 Å². The molecule has 1 aliphatic heterocycles. The average molecular weight is 397 g/mol. The third-order valence-corrected chi connectivity index (χ3v) is 4.39. The number of halogens is 3. The molecule has 0 unspecified atom stereocenters. The summed E-state index contributed by atoms with van der Waals surface area (Å²) in [5.41, 5.74) is 1.25. The Morgan fingerprint density at radius 1 is 1.33 bits per heavy atom. The summed E-state index contributed by atoms with van der Waals surface area (Å²) >= 11 is 5.83. The van der Waals surface area contributed by atoms with Crippen LogP contribution in [0.2, 0.25) is 5.02 Å². The van der Waals surface area contributed by atoms with Crippen molar-refractivity contribution in [3.05, 3.63) is 58.9 Å². The van der Waals surface area contributed by atoms with Gasteiger partial charge >= 0.3 is 6.03 Å². The Bertz CT molecular complexity index is 806. The van der Waals surface area contributed by atoms with Crippen molar-refractivity contribution in [2.75, 3.05) is 38.3 Å². The Kier molecular flexibility index (Phi) is 6.47. The minimum atomic E-state index is -0.584. The van der Waals surface area contributed by atoms with Crippen LogP contribution in [0.4, 0.5) is 19.3 Å². The smallest absolute Gasteiger partial charge is 0.322 e. The molecule has 0 bridgehead atoms. The third kappa shape index (κ3) is 5.08. The van der Waals surface area contributed by atoms with E-state index in [-0.39, 0.29) is 23.8 Å². The zero-order valence-electron chi connectivity index (χ0n) is 14.5. The van der Waals surface area contributed by atoms with Gasteiger partial charge in [-0.2, -0.15) is 0 Å². The quantitative estimate of drug-likeness (QED) is 0.813. The number of amides is 2. The van der Waals surface area contributed by atoms with Crippen LogP contribution in [0.25, 0.3) is 0 Å². The summed E-state index contributed by atoms with van der Waals surface area (Å²) in [6.45, 7) is 0.468. The molecule has 2 aromatic rings. The number of alkyl halides is 1. The van der Waals surface area contributed by atoms with Crippen LogP contribution in [0.1, 0.15) is 11.7 Å². The van der Waals surface area contributed by atoms with E-state index in [1.165, 1.54) is 12.1 Å². The molecule has 8 heteroatoms. The van der Waals surface area contributed by atoms with Gasteiger partial charge in [0.15, 0.2) is 0 Å². The summed E-state index contributed by atoms with van der Waals surface area (Å²) in [6.07, 6.45) is -0.387. The van der Waals surface area contributed by atoms with Gasteiger partial charge in [0.05, 0.1) is 18.2 Å². The average Bonchev–Trinajstić information content (AvgIpc) is 2.69. The number of carbonyl (C=O) groups is 1. The summed E-state index contributed by atoms with van der Waals surface area (Å²) < 4.78 is 36.5. The molecule has 0 aliphatic carbocycles. The zero-order valence-corrected chi connectivity index (χ0v) is 15.2. The molecule has 5 nitrogen and oxygen atoms in total. The third-order valence-electron chi connectivity index (χ3n) is 4.10. The molecule has 1 saturated heterocycles. The van der Waals surface area contributed by atoms with Crippen LogP contribution in [0.5, 0.6) is 5.75 Å². The van der Waals surface area contributed by atoms with Crippen molar-refractivity contribution < 1.29 is 23.0 Å². The van der Waals surface area contributed by atoms with Crippen molar-refractivity contribution >= 4 is 23.3 Å². The molecule has 0 radical (unpaired) electrons. The minimum Gasteiger partial charge on any atom is -0.491 e. The predicted molar refractivity (Wildman–Crippen MR) is 98.6 cm³/mol. The lowest BCUT2D eigenvalue weighted by Gasteiger charge is -2.33. The number of nitrogens with zero attached hydrogens (tertiary/aromatic N) is 1. The molecule has 1 heterocycles. The van der Waals surface area contributed by atoms with Crippen LogP contribution < -0.4 is 10.1 Å². The zero-order chi connectivity index (χ0) is 19.2. The van der Waals surface area contributed by atoms with E-state index in [0.29, 0.717) is 36.7 Å². The lowest BCUT2D eigenvalue weighted by Crippen LogP contribution is -2.44. The van der Waals surface area contributed by atoms with Gasteiger partial charge in [-0.15, -0.1) is 0 Å². The van der Waals surface area contributed by atoms with Gasteiger partial charge < -0.3 is 19.7 Å². The SMILES string of the molecule is O=C(Nc1cccc(OCCF)c1)N1CCO[C@H](c2ccc(F)c(Cl)c2)C1. The molecule has 0 saturated carbocycles. The van der Waals surface area contributed by atoms with Crippen molar-refractivity contribution in [1.82, 2.24) is 4.90 Å². The monoisotopic (exact) mass is 396 g/mol. The Hall–Kier alpha value is -2.38. The highest BCUT2D eigenvalue weighted by Gasteiger charge is 2.26. The lowest BCUT2D eigenvalue weighted by molar-refractivity contribution is -0.0135. The highest BCUT2D eigenvalue weighted by Crippen LogP contribution is 2.26. The first-order chi connectivity index (χ1) is 13.1. The topological polar surface area (TPSA) is 50.8 Å². The van der Waals surface area contributed by atoms with Gasteiger partial charge in [0.1, 0.15) is 31.0 Å². The van der Waals surface area contributed by atoms with Crippen molar-refractivity contribution in [2.45, 2.75) is 6.10 Å². The van der Waals surface area contributed by atoms with Gasteiger partial charge in [-0.25, -0.2) is 13.6 Å². The molecule has 1 atom stereocenters. The normalized spacial score (nSPS) is 16.9. The van der Waals surface area contributed by atoms with Crippen LogP contribution in [0.3, 0.4) is 0 Å². The number of benzene rings is 2. The van der Waals surface area contributed by atoms with E-state index < -0.39 is 12.5 Å². The van der Waals surface area contributed by atoms with Gasteiger partial charge in [-0.1, -0.05) is 23.7 Å². The van der Waals surface area contributed by atoms with E-state index in [0.717, 1.165) is 0 Å². The van der Waals surface area contributed by atoms with E-state index in [2.05, 4.69) is 5.32 Å². The fraction of sp³-hybridized carbons (Fsp3) is 0.316. The van der Waals surface area contributed by atoms with Crippen LogP contribution in [0.15, 0.2) is 42.5 Å². The number of nitrogens with one attached hydrogen (secondary N) is 1. The number of carbonyl (C=O) groups excluding carboxylic acids is 1. The largest absolute Gasteiger partial charge is 0.491 e. The summed E-state index contributed by atoms with van der Waals surface area (Å²) in [7, 11) is 0. The van der Waals surface area contributed by atoms with Gasteiger partial charge in [-0.3, -0.25) is 0 Å². The van der Waals surface area contributed by atoms with E-state index in [9.17, 15) is 13.6 Å². The molecular weight excluding hydrogens is 378 g/mol. The highest BCUT2D eigenvalue weighted by molar-refractivity contribution is 6.30. The van der Waals surface area contributed by atoms with Crippen LogP contribution >= 0.6 is 11.6 Å². The van der Waals surface area contributed by atoms with Gasteiger partial charge in [0.25, 0.3) is 0 Å². The summed E-state index contributed by atoms with van der Waals surface area (Å²) in [6, 6.07) is 10.8. The number of anilines is 1. The van der Waals surface area contributed by atoms with E-state index in [1.807, 2.05) is 0 Å². The summed E-state index contributed by atoms with van der Waals surface area (Å²) in [4.78, 5) is 14.2. The molecule has 0 aromatic heterocycles. The Labute approximate surface area is 160 Å². The first-order valence-corrected chi connectivity index (χ1v) is 8.86. The number of ether oxygens (including phenoxy) is 2. The maximum Gasteiger partial charge on any atom is 0.322 e. The molecule has 1 fully saturated rings. The molecule has 2 aromatic carbocycles. The lowest BCUT2D eigenvalue weighted by atomic mass is 10.1. The number of hydrogen-bond acceptors (Lipinski definition) is 3. The Morgan fingerprint density at radius 2 is 2.19 bits per heavy atom. The van der Waals surface area contributed by atoms with E-state index in [4.69, 9.17) is 21.1 Å². The first kappa shape index (κ1) is 19.4. The molecule has 0 spiro atoms. The van der Waals surface area contributed by atoms with Crippen molar-refractivity contribution in [1.29, 1.82) is 0 Å². The van der Waals surface area contributed by atoms with Crippen LogP contribution in [-0.2, 0) is 4.74 Å². The molecule has 2 amide bonds. The van der Waals surface area contributed by atoms with Crippen LogP contribution in [-0.4, -0.2) is 43.9 Å². The number of rotatable bonds is 5. The minimum absolute atomic E-state index is 0.0165. The van der Waals surface area contributed by atoms with E-state index in [1.54, 1.807) is 35.2 Å². The fourth-order valence-electron chi connectivity index (χ4n) is 2.77. The molecule has 1 N–H and O–H groups in total. The predicted octanol–water partition coefficient (Wildman–Crippen LogP) is 4.43. The maximum atomic E-state index is 13.3. The number of urea groups is 1. The molecular formula is C19H19ClF2N2O3. The van der Waals surface area contributed by atoms with Crippen molar-refractivity contribution in [3.8, 4) is 5.75 Å². The summed E-state index contributed by atoms with van der Waals surface area (Å²) in [5, 5.41) is 2.81. The van der Waals surface area contributed by atoms with Gasteiger partial charge in [0, 0.05) is 18.3 Å². The second-order valence-corrected chi connectivity index (χ2v) is 6.38. The fourth-order valence-corrected chi connectivity index (χ4v) is 2.96. The second kappa shape index (κ2) is 9.01. The van der Waals surface area contributed by atoms with Crippen LogP contribution in [0, 0.1) is 5.82 Å². The molecule has 1 aliphatic rings. The number of hydrogen-bond donors (Lipinski definition) is 1. The Balaban J connectivity index is 1.63. The molecule has 27 heavy (non-hydrogen) atoms. The van der Waals surface area contributed by atoms with Crippen molar-refractivity contribution in [3.63, 3.8) is 0 Å². The van der Waals surface area contributed by atoms with Crippen molar-refractivity contribution in [2.24, 2.45) is 0 Å². The first-order valence-electron chi connectivity index (χ1n) is 8.48. The Morgan fingerprint density at radius 3 is 2.96 bits per heavy atom. The second-order valence-electron chi connectivity index (χ2n) is 5.97. The standard InChI is InChI=1S/C19H19ClF2N2O3/c20-16-10-13(4-5-17(16)22)18-12-24(7-9-27-18)19(25)23-14-2-1-3-15(11-14)26-8-6-21/h1-5,10-11,18H,6-9,12H2,(H,23,25)/t18-/m0/s1. The van der Waals surface area contributed by atoms with Gasteiger partial charge in [-0.05, 0) is 29.8 Å².